The zero-order valence-electron chi connectivity index (χ0n) is 11.5. The molecule has 2 nitrogen and oxygen atoms in total. The molecular formula is C16H13BrF2N2. The molecule has 5 heteroatoms. The molecule has 0 amide bonds. The summed E-state index contributed by atoms with van der Waals surface area (Å²) in [6.07, 6.45) is 0. The van der Waals surface area contributed by atoms with E-state index < -0.39 is 5.82 Å². The van der Waals surface area contributed by atoms with Crippen LogP contribution < -0.4 is 5.32 Å². The van der Waals surface area contributed by atoms with Crippen LogP contribution in [0.4, 0.5) is 14.5 Å². The van der Waals surface area contributed by atoms with Crippen molar-refractivity contribution in [2.24, 2.45) is 0 Å². The van der Waals surface area contributed by atoms with Gasteiger partial charge in [0, 0.05) is 17.3 Å². The molecule has 2 aromatic carbocycles. The normalized spacial score (nSPS) is 11.8. The Balaban J connectivity index is 2.31. The second-order valence-electron chi connectivity index (χ2n) is 4.78. The van der Waals surface area contributed by atoms with Crippen LogP contribution in [0.25, 0.3) is 0 Å². The lowest BCUT2D eigenvalue weighted by molar-refractivity contribution is 0.617. The summed E-state index contributed by atoms with van der Waals surface area (Å²) < 4.78 is 27.4. The minimum absolute atomic E-state index is 0.158. The first-order valence-corrected chi connectivity index (χ1v) is 7.13. The number of nitriles is 1. The average molecular weight is 351 g/mol. The van der Waals surface area contributed by atoms with Crippen LogP contribution in [0.2, 0.25) is 0 Å². The highest BCUT2D eigenvalue weighted by molar-refractivity contribution is 9.10. The number of anilines is 1. The average Bonchev–Trinajstić information content (AvgIpc) is 2.46. The molecule has 1 atom stereocenters. The van der Waals surface area contributed by atoms with Gasteiger partial charge in [0.2, 0.25) is 0 Å². The van der Waals surface area contributed by atoms with Crippen LogP contribution in [0.1, 0.15) is 29.7 Å². The fraction of sp³-hybridized carbons (Fsp3) is 0.188. The van der Waals surface area contributed by atoms with Crippen molar-refractivity contribution < 1.29 is 8.78 Å². The van der Waals surface area contributed by atoms with E-state index in [0.29, 0.717) is 15.7 Å². The molecule has 1 N–H and O–H groups in total. The Labute approximate surface area is 130 Å². The van der Waals surface area contributed by atoms with Gasteiger partial charge in [0.25, 0.3) is 0 Å². The maximum absolute atomic E-state index is 13.7. The quantitative estimate of drug-likeness (QED) is 0.837. The van der Waals surface area contributed by atoms with Crippen LogP contribution in [-0.4, -0.2) is 0 Å². The van der Waals surface area contributed by atoms with Crippen LogP contribution >= 0.6 is 15.9 Å². The van der Waals surface area contributed by atoms with Crippen molar-refractivity contribution in [3.8, 4) is 6.07 Å². The molecule has 0 aliphatic heterocycles. The Hall–Kier alpha value is -1.93. The Morgan fingerprint density at radius 2 is 1.90 bits per heavy atom. The highest BCUT2D eigenvalue weighted by atomic mass is 79.9. The summed E-state index contributed by atoms with van der Waals surface area (Å²) in [7, 11) is 0. The summed E-state index contributed by atoms with van der Waals surface area (Å²) in [6.45, 7) is 3.53. The second-order valence-corrected chi connectivity index (χ2v) is 5.64. The molecule has 2 aromatic rings. The Morgan fingerprint density at radius 3 is 2.52 bits per heavy atom. The molecular weight excluding hydrogens is 338 g/mol. The van der Waals surface area contributed by atoms with Crippen LogP contribution in [0.5, 0.6) is 0 Å². The van der Waals surface area contributed by atoms with Crippen molar-refractivity contribution in [1.82, 2.24) is 0 Å². The van der Waals surface area contributed by atoms with Gasteiger partial charge in [-0.15, -0.1) is 0 Å². The molecule has 0 saturated heterocycles. The van der Waals surface area contributed by atoms with Crippen molar-refractivity contribution >= 4 is 21.6 Å². The molecule has 1 unspecified atom stereocenters. The van der Waals surface area contributed by atoms with Gasteiger partial charge in [-0.25, -0.2) is 8.78 Å². The Kier molecular flexibility index (Phi) is 4.59. The third-order valence-corrected chi connectivity index (χ3v) is 3.90. The monoisotopic (exact) mass is 350 g/mol. The maximum atomic E-state index is 13.7. The number of nitrogens with zero attached hydrogens (tertiary/aromatic N) is 1. The standard InChI is InChI=1S/C16H13BrF2N2/c1-9-15(19)5-11(8-20)6-16(9)21-10(2)12-3-4-14(18)13(17)7-12/h3-7,10,21H,1-2H3. The van der Waals surface area contributed by atoms with Crippen molar-refractivity contribution in [1.29, 1.82) is 5.26 Å². The van der Waals surface area contributed by atoms with Gasteiger partial charge in [-0.05, 0) is 59.6 Å². The van der Waals surface area contributed by atoms with E-state index in [-0.39, 0.29) is 17.4 Å². The molecule has 0 heterocycles. The molecule has 0 fully saturated rings. The molecule has 0 radical (unpaired) electrons. The number of nitrogens with one attached hydrogen (secondary N) is 1. The van der Waals surface area contributed by atoms with Crippen LogP contribution in [-0.2, 0) is 0 Å². The molecule has 2 rings (SSSR count). The van der Waals surface area contributed by atoms with Gasteiger partial charge >= 0.3 is 0 Å². The minimum Gasteiger partial charge on any atom is -0.378 e. The van der Waals surface area contributed by atoms with Gasteiger partial charge in [0.05, 0.1) is 16.1 Å². The van der Waals surface area contributed by atoms with Crippen LogP contribution in [0, 0.1) is 29.9 Å². The lowest BCUT2D eigenvalue weighted by Gasteiger charge is -2.18. The predicted octanol–water partition coefficient (Wildman–Crippen LogP) is 5.08. The van der Waals surface area contributed by atoms with Crippen LogP contribution in [0.3, 0.4) is 0 Å². The summed E-state index contributed by atoms with van der Waals surface area (Å²) in [5.41, 5.74) is 2.11. The summed E-state index contributed by atoms with van der Waals surface area (Å²) in [5.74, 6) is -0.760. The van der Waals surface area contributed by atoms with Gasteiger partial charge < -0.3 is 5.32 Å². The third kappa shape index (κ3) is 3.40. The predicted molar refractivity (Wildman–Crippen MR) is 82.0 cm³/mol. The zero-order chi connectivity index (χ0) is 15.6. The van der Waals surface area contributed by atoms with E-state index in [2.05, 4.69) is 21.2 Å². The van der Waals surface area contributed by atoms with E-state index in [9.17, 15) is 8.78 Å². The van der Waals surface area contributed by atoms with Gasteiger partial charge in [-0.1, -0.05) is 6.07 Å². The van der Waals surface area contributed by atoms with E-state index in [4.69, 9.17) is 5.26 Å². The fourth-order valence-electron chi connectivity index (χ4n) is 1.99. The van der Waals surface area contributed by atoms with Crippen molar-refractivity contribution in [2.45, 2.75) is 19.9 Å². The van der Waals surface area contributed by atoms with E-state index in [1.165, 1.54) is 12.1 Å². The number of rotatable bonds is 3. The highest BCUT2D eigenvalue weighted by Crippen LogP contribution is 2.27. The second kappa shape index (κ2) is 6.23. The third-order valence-electron chi connectivity index (χ3n) is 3.29. The van der Waals surface area contributed by atoms with Crippen molar-refractivity contribution in [2.75, 3.05) is 5.32 Å². The Bertz CT molecular complexity index is 723. The lowest BCUT2D eigenvalue weighted by Crippen LogP contribution is -2.09. The Morgan fingerprint density at radius 1 is 1.19 bits per heavy atom. The zero-order valence-corrected chi connectivity index (χ0v) is 13.1. The molecule has 21 heavy (non-hydrogen) atoms. The van der Waals surface area contributed by atoms with Crippen molar-refractivity contribution in [3.05, 3.63) is 63.1 Å². The largest absolute Gasteiger partial charge is 0.378 e. The SMILES string of the molecule is Cc1c(F)cc(C#N)cc1NC(C)c1ccc(F)c(Br)c1. The molecule has 0 aliphatic rings. The first-order chi connectivity index (χ1) is 9.92. The molecule has 108 valence electrons. The first kappa shape index (κ1) is 15.5. The van der Waals surface area contributed by atoms with Gasteiger partial charge in [-0.2, -0.15) is 5.26 Å². The number of halogens is 3. The van der Waals surface area contributed by atoms with E-state index in [0.717, 1.165) is 5.56 Å². The first-order valence-electron chi connectivity index (χ1n) is 6.34. The van der Waals surface area contributed by atoms with Gasteiger partial charge in [-0.3, -0.25) is 0 Å². The van der Waals surface area contributed by atoms with E-state index in [1.54, 1.807) is 25.1 Å². The summed E-state index contributed by atoms with van der Waals surface area (Å²) in [4.78, 5) is 0. The van der Waals surface area contributed by atoms with Crippen molar-refractivity contribution in [3.63, 3.8) is 0 Å². The highest BCUT2D eigenvalue weighted by Gasteiger charge is 2.12. The van der Waals surface area contributed by atoms with E-state index >= 15 is 0 Å². The molecule has 0 bridgehead atoms. The summed E-state index contributed by atoms with van der Waals surface area (Å²) >= 11 is 3.14. The topological polar surface area (TPSA) is 35.8 Å². The number of benzene rings is 2. The molecule has 0 aliphatic carbocycles. The number of hydrogen-bond acceptors (Lipinski definition) is 2. The molecule has 0 aromatic heterocycles. The number of hydrogen-bond donors (Lipinski definition) is 1. The van der Waals surface area contributed by atoms with Gasteiger partial charge in [0.15, 0.2) is 0 Å². The van der Waals surface area contributed by atoms with E-state index in [1.807, 2.05) is 13.0 Å². The fourth-order valence-corrected chi connectivity index (χ4v) is 2.39. The summed E-state index contributed by atoms with van der Waals surface area (Å²) in [5, 5.41) is 12.1. The molecule has 0 saturated carbocycles. The van der Waals surface area contributed by atoms with Crippen LogP contribution in [0.15, 0.2) is 34.8 Å². The summed E-state index contributed by atoms with van der Waals surface area (Å²) in [6, 6.07) is 9.29. The smallest absolute Gasteiger partial charge is 0.137 e. The maximum Gasteiger partial charge on any atom is 0.137 e. The molecule has 0 spiro atoms. The van der Waals surface area contributed by atoms with Gasteiger partial charge in [0.1, 0.15) is 11.6 Å². The lowest BCUT2D eigenvalue weighted by atomic mass is 10.1. The minimum atomic E-state index is -0.427.